The summed E-state index contributed by atoms with van der Waals surface area (Å²) in [6.45, 7) is 9.92. The van der Waals surface area contributed by atoms with Crippen LogP contribution in [0.15, 0.2) is 140 Å². The van der Waals surface area contributed by atoms with Gasteiger partial charge in [0, 0.05) is 31.5 Å². The molecule has 7 rings (SSSR count). The van der Waals surface area contributed by atoms with Crippen LogP contribution < -0.4 is 16.1 Å². The minimum Gasteiger partial charge on any atom is -0.460 e. The Bertz CT molecular complexity index is 2830. The molecule has 1 fully saturated rings. The Kier molecular flexibility index (Phi) is 17.5. The van der Waals surface area contributed by atoms with Gasteiger partial charge >= 0.3 is 11.9 Å². The van der Waals surface area contributed by atoms with Gasteiger partial charge in [-0.15, -0.1) is 0 Å². The highest BCUT2D eigenvalue weighted by Gasteiger charge is 2.40. The highest BCUT2D eigenvalue weighted by atomic mass is 35.6. The number of amides is 3. The largest absolute Gasteiger partial charge is 0.460 e. The molecule has 1 aliphatic rings. The van der Waals surface area contributed by atoms with E-state index in [1.54, 1.807) is 47.0 Å². The maximum absolute atomic E-state index is 14.8. The fourth-order valence-electron chi connectivity index (χ4n) is 8.90. The number of ether oxygens (including phenoxy) is 2. The monoisotopic (exact) mass is 1050 g/mol. The van der Waals surface area contributed by atoms with Gasteiger partial charge in [-0.3, -0.25) is 29.0 Å². The van der Waals surface area contributed by atoms with Gasteiger partial charge in [0.05, 0.1) is 28.6 Å². The summed E-state index contributed by atoms with van der Waals surface area (Å²) in [5.41, 5.74) is 6.42. The molecule has 382 valence electrons. The van der Waals surface area contributed by atoms with Gasteiger partial charge in [-0.25, -0.2) is 15.4 Å². The van der Waals surface area contributed by atoms with Crippen molar-refractivity contribution < 1.29 is 33.4 Å². The number of fused-ring (bicyclic) bond motifs is 1. The summed E-state index contributed by atoms with van der Waals surface area (Å²) in [4.78, 5) is 78.0. The van der Waals surface area contributed by atoms with Crippen molar-refractivity contribution in [2.75, 3.05) is 13.2 Å². The predicted octanol–water partition coefficient (Wildman–Crippen LogP) is 9.21. The Balaban J connectivity index is 1.17. The molecule has 14 nitrogen and oxygen atoms in total. The van der Waals surface area contributed by atoms with Crippen molar-refractivity contribution in [3.63, 3.8) is 0 Å². The molecule has 73 heavy (non-hydrogen) atoms. The van der Waals surface area contributed by atoms with Gasteiger partial charge in [0.2, 0.25) is 15.6 Å². The molecule has 0 spiro atoms. The second-order valence-electron chi connectivity index (χ2n) is 19.1. The summed E-state index contributed by atoms with van der Waals surface area (Å²) < 4.78 is 10.8. The average Bonchev–Trinajstić information content (AvgIpc) is 3.84. The molecule has 3 N–H and O–H groups in total. The van der Waals surface area contributed by atoms with Crippen LogP contribution in [-0.2, 0) is 45.4 Å². The van der Waals surface area contributed by atoms with E-state index in [-0.39, 0.29) is 13.0 Å². The number of aromatic nitrogens is 3. The van der Waals surface area contributed by atoms with Crippen molar-refractivity contribution in [1.82, 2.24) is 35.6 Å². The first-order valence-electron chi connectivity index (χ1n) is 24.1. The summed E-state index contributed by atoms with van der Waals surface area (Å²) in [6, 6.07) is 36.4. The molecule has 0 unspecified atom stereocenters. The molecule has 0 radical (unpaired) electrons. The van der Waals surface area contributed by atoms with Gasteiger partial charge < -0.3 is 24.7 Å². The number of hydrogen-bond acceptors (Lipinski definition) is 10. The topological polar surface area (TPSA) is 174 Å². The van der Waals surface area contributed by atoms with Crippen LogP contribution in [0, 0.1) is 11.3 Å². The van der Waals surface area contributed by atoms with Crippen LogP contribution in [0.4, 0.5) is 0 Å². The van der Waals surface area contributed by atoms with Crippen LogP contribution in [0.3, 0.4) is 0 Å². The quantitative estimate of drug-likeness (QED) is 0.0428. The van der Waals surface area contributed by atoms with Crippen molar-refractivity contribution in [2.45, 2.75) is 94.4 Å². The molecule has 1 saturated heterocycles. The van der Waals surface area contributed by atoms with Gasteiger partial charge in [0.25, 0.3) is 5.91 Å². The Labute approximate surface area is 440 Å². The minimum absolute atomic E-state index is 0.0651. The Hall–Kier alpha value is -6.58. The molecule has 0 aliphatic carbocycles. The van der Waals surface area contributed by atoms with Crippen molar-refractivity contribution in [3.8, 4) is 0 Å². The van der Waals surface area contributed by atoms with Gasteiger partial charge in [-0.05, 0) is 73.9 Å². The zero-order valence-electron chi connectivity index (χ0n) is 41.6. The first-order chi connectivity index (χ1) is 34.7. The van der Waals surface area contributed by atoms with E-state index in [2.05, 4.69) is 52.5 Å². The first-order valence-corrected chi connectivity index (χ1v) is 25.3. The summed E-state index contributed by atoms with van der Waals surface area (Å²) in [5.74, 6) is -3.09. The number of halogens is 3. The number of hydrazine groups is 1. The number of rotatable bonds is 18. The SMILES string of the molecule is CC(=O)O[C@H](C)c1ccc2ccc(/C=C/C(C)(C)C(=O)N[C@H](C(=O)N[C@@H](Cc3cn(C(c4ccccc4)(c4ccccc4)c4ccccc4)cn3)C(=O)N3CCC[C@@H](C(=O)OCC(Cl)(Cl)Cl)N3)C(C)C)cc2n1. The number of nitrogens with zero attached hydrogens (tertiary/aromatic N) is 4. The fraction of sp³-hybridized carbons (Fsp3) is 0.339. The zero-order valence-corrected chi connectivity index (χ0v) is 43.8. The van der Waals surface area contributed by atoms with E-state index in [0.717, 1.165) is 27.6 Å². The van der Waals surface area contributed by atoms with Crippen LogP contribution in [0.2, 0.25) is 0 Å². The number of benzene rings is 4. The lowest BCUT2D eigenvalue weighted by Gasteiger charge is -2.37. The molecule has 2 aromatic heterocycles. The molecule has 3 amide bonds. The average molecular weight is 1050 g/mol. The van der Waals surface area contributed by atoms with E-state index >= 15 is 0 Å². The van der Waals surface area contributed by atoms with Gasteiger partial charge in [0.1, 0.15) is 36.4 Å². The van der Waals surface area contributed by atoms with E-state index in [4.69, 9.17) is 54.2 Å². The highest BCUT2D eigenvalue weighted by Crippen LogP contribution is 2.41. The molecule has 4 atom stereocenters. The number of pyridine rings is 1. The number of hydrogen-bond donors (Lipinski definition) is 3. The smallest absolute Gasteiger partial charge is 0.325 e. The molecule has 17 heteroatoms. The van der Waals surface area contributed by atoms with Crippen molar-refractivity contribution in [3.05, 3.63) is 174 Å². The summed E-state index contributed by atoms with van der Waals surface area (Å²) in [7, 11) is 0. The zero-order chi connectivity index (χ0) is 52.5. The van der Waals surface area contributed by atoms with Crippen LogP contribution >= 0.6 is 34.8 Å². The van der Waals surface area contributed by atoms with E-state index in [9.17, 15) is 24.0 Å². The van der Waals surface area contributed by atoms with Crippen molar-refractivity contribution >= 4 is 81.4 Å². The number of esters is 2. The lowest BCUT2D eigenvalue weighted by atomic mass is 9.77. The minimum atomic E-state index is -1.83. The second kappa shape index (κ2) is 23.5. The van der Waals surface area contributed by atoms with Crippen LogP contribution in [0.5, 0.6) is 0 Å². The van der Waals surface area contributed by atoms with Crippen LogP contribution in [-0.4, -0.2) is 84.3 Å². The second-order valence-corrected chi connectivity index (χ2v) is 21.6. The van der Waals surface area contributed by atoms with E-state index < -0.39 is 81.2 Å². The molecular weight excluding hydrogens is 989 g/mol. The maximum Gasteiger partial charge on any atom is 0.325 e. The Morgan fingerprint density at radius 3 is 2.01 bits per heavy atom. The van der Waals surface area contributed by atoms with Crippen LogP contribution in [0.1, 0.15) is 94.1 Å². The van der Waals surface area contributed by atoms with Crippen molar-refractivity contribution in [1.29, 1.82) is 0 Å². The number of carbonyl (C=O) groups is 5. The van der Waals surface area contributed by atoms with E-state index in [0.29, 0.717) is 29.7 Å². The predicted molar refractivity (Wildman–Crippen MR) is 283 cm³/mol. The Morgan fingerprint density at radius 2 is 1.44 bits per heavy atom. The first kappa shape index (κ1) is 54.2. The number of carbonyl (C=O) groups excluding carboxylic acids is 5. The molecular formula is C56H60Cl3N7O7. The normalized spacial score (nSPS) is 15.6. The third-order valence-electron chi connectivity index (χ3n) is 12.8. The molecule has 3 heterocycles. The fourth-order valence-corrected chi connectivity index (χ4v) is 9.06. The summed E-state index contributed by atoms with van der Waals surface area (Å²) >= 11 is 17.6. The Morgan fingerprint density at radius 1 is 0.836 bits per heavy atom. The standard InChI is InChI=1S/C56H60Cl3N7O7/c1-36(2)49(63-53(71)54(5,6)29-28-39-24-25-40-26-27-45(61-47(40)31-39)37(3)73-38(4)67)50(68)62-48(51(69)66-30-16-23-46(64-66)52(70)72-34-55(57,58)59)32-44-33-65(35-60-44)56(41-17-10-7-11-18-41,42-19-12-8-13-20-42)43-21-14-9-15-22-43/h7-15,17-22,24-29,31,33,35-37,46,48-49,64H,16,23,30,32,34H2,1-6H3,(H,62,68)(H,63,71)/b29-28+/t37-,46+,48+,49+/m1/s1. The van der Waals surface area contributed by atoms with Crippen LogP contribution in [0.25, 0.3) is 17.0 Å². The lowest BCUT2D eigenvalue weighted by Crippen LogP contribution is -2.62. The van der Waals surface area contributed by atoms with Gasteiger partial charge in [-0.2, -0.15) is 0 Å². The third-order valence-corrected chi connectivity index (χ3v) is 13.1. The maximum atomic E-state index is 14.8. The van der Waals surface area contributed by atoms with Gasteiger partial charge in [0.15, 0.2) is 0 Å². The number of nitrogens with one attached hydrogen (secondary N) is 3. The molecule has 1 aliphatic heterocycles. The van der Waals surface area contributed by atoms with Gasteiger partial charge in [-0.1, -0.05) is 170 Å². The summed E-state index contributed by atoms with van der Waals surface area (Å²) in [6.07, 6.45) is 7.35. The molecule has 6 aromatic rings. The van der Waals surface area contributed by atoms with E-state index in [1.807, 2.05) is 102 Å². The van der Waals surface area contributed by atoms with E-state index in [1.165, 1.54) is 11.9 Å². The number of alkyl halides is 3. The number of imidazole rings is 1. The molecule has 0 saturated carbocycles. The lowest BCUT2D eigenvalue weighted by molar-refractivity contribution is -0.153. The third kappa shape index (κ3) is 13.3. The highest BCUT2D eigenvalue weighted by molar-refractivity contribution is 6.67. The van der Waals surface area contributed by atoms with Crippen molar-refractivity contribution in [2.24, 2.45) is 11.3 Å². The molecule has 4 aromatic carbocycles. The molecule has 0 bridgehead atoms. The summed E-state index contributed by atoms with van der Waals surface area (Å²) in [5, 5.41) is 8.13.